The van der Waals surface area contributed by atoms with Crippen molar-refractivity contribution < 1.29 is 14.3 Å². The molecule has 0 bridgehead atoms. The van der Waals surface area contributed by atoms with E-state index in [0.717, 1.165) is 27.1 Å². The van der Waals surface area contributed by atoms with Gasteiger partial charge in [0.15, 0.2) is 5.13 Å². The second-order valence-corrected chi connectivity index (χ2v) is 8.34. The molecule has 0 aliphatic carbocycles. The van der Waals surface area contributed by atoms with Crippen LogP contribution in [0.25, 0.3) is 10.2 Å². The van der Waals surface area contributed by atoms with E-state index in [-0.39, 0.29) is 17.9 Å². The summed E-state index contributed by atoms with van der Waals surface area (Å²) in [6.07, 6.45) is 1.63. The Morgan fingerprint density at radius 2 is 1.80 bits per heavy atom. The lowest BCUT2D eigenvalue weighted by atomic mass is 10.1. The number of nitrogens with one attached hydrogen (secondary N) is 2. The van der Waals surface area contributed by atoms with Gasteiger partial charge < -0.3 is 15.4 Å². The lowest BCUT2D eigenvalue weighted by Gasteiger charge is -2.10. The zero-order chi connectivity index (χ0) is 21.5. The Morgan fingerprint density at radius 1 is 1.07 bits per heavy atom. The maximum atomic E-state index is 12.2. The summed E-state index contributed by atoms with van der Waals surface area (Å²) in [5.41, 5.74) is 2.96. The van der Waals surface area contributed by atoms with Crippen molar-refractivity contribution in [3.8, 4) is 5.75 Å². The third-order valence-electron chi connectivity index (χ3n) is 4.45. The monoisotopic (exact) mass is 425 g/mol. The lowest BCUT2D eigenvalue weighted by Crippen LogP contribution is -2.22. The normalized spacial score (nSPS) is 10.9. The van der Waals surface area contributed by atoms with Crippen LogP contribution < -0.4 is 15.4 Å². The first-order valence-corrected chi connectivity index (χ1v) is 11.0. The fourth-order valence-corrected chi connectivity index (χ4v) is 3.84. The highest BCUT2D eigenvalue weighted by Crippen LogP contribution is 2.27. The number of amides is 2. The first kappa shape index (κ1) is 21.8. The zero-order valence-electron chi connectivity index (χ0n) is 17.5. The van der Waals surface area contributed by atoms with Crippen molar-refractivity contribution >= 4 is 38.5 Å². The summed E-state index contributed by atoms with van der Waals surface area (Å²) in [5.74, 6) is 0.793. The number of carbonyl (C=O) groups is 2. The minimum Gasteiger partial charge on any atom is -0.491 e. The van der Waals surface area contributed by atoms with Crippen LogP contribution in [0.1, 0.15) is 44.7 Å². The number of nitrogens with zero attached hydrogens (tertiary/aromatic N) is 1. The third-order valence-corrected chi connectivity index (χ3v) is 5.38. The Balaban J connectivity index is 1.49. The van der Waals surface area contributed by atoms with Crippen LogP contribution in [0.3, 0.4) is 0 Å². The molecule has 0 radical (unpaired) electrons. The molecule has 6 nitrogen and oxygen atoms in total. The molecule has 0 saturated carbocycles. The van der Waals surface area contributed by atoms with Gasteiger partial charge in [-0.25, -0.2) is 4.98 Å². The number of aromatic nitrogens is 1. The largest absolute Gasteiger partial charge is 0.491 e. The Hall–Kier alpha value is -2.93. The summed E-state index contributed by atoms with van der Waals surface area (Å²) < 4.78 is 6.63. The number of ether oxygens (including phenoxy) is 1. The number of benzene rings is 2. The zero-order valence-corrected chi connectivity index (χ0v) is 18.3. The van der Waals surface area contributed by atoms with E-state index in [4.69, 9.17) is 4.74 Å². The summed E-state index contributed by atoms with van der Waals surface area (Å²) in [7, 11) is 0. The Labute approximate surface area is 180 Å². The highest BCUT2D eigenvalue weighted by atomic mass is 32.1. The van der Waals surface area contributed by atoms with Crippen LogP contribution >= 0.6 is 11.3 Å². The molecule has 0 aliphatic rings. The van der Waals surface area contributed by atoms with Gasteiger partial charge in [-0.05, 0) is 55.7 Å². The van der Waals surface area contributed by atoms with Crippen molar-refractivity contribution in [2.75, 3.05) is 5.32 Å². The van der Waals surface area contributed by atoms with Crippen LogP contribution in [0, 0.1) is 0 Å². The Morgan fingerprint density at radius 3 is 2.50 bits per heavy atom. The van der Waals surface area contributed by atoms with Gasteiger partial charge >= 0.3 is 0 Å². The average Bonchev–Trinajstić information content (AvgIpc) is 3.12. The van der Waals surface area contributed by atoms with Crippen molar-refractivity contribution in [1.29, 1.82) is 0 Å². The predicted molar refractivity (Wildman–Crippen MR) is 121 cm³/mol. The van der Waals surface area contributed by atoms with Crippen molar-refractivity contribution in [3.05, 3.63) is 53.6 Å². The molecule has 0 saturated heterocycles. The van der Waals surface area contributed by atoms with Crippen LogP contribution in [-0.2, 0) is 22.6 Å². The first-order valence-electron chi connectivity index (χ1n) is 10.1. The van der Waals surface area contributed by atoms with Gasteiger partial charge in [0.25, 0.3) is 0 Å². The minimum atomic E-state index is -0.0481. The molecule has 1 aromatic heterocycles. The van der Waals surface area contributed by atoms with E-state index in [1.165, 1.54) is 11.3 Å². The van der Waals surface area contributed by atoms with Gasteiger partial charge in [0.2, 0.25) is 11.8 Å². The van der Waals surface area contributed by atoms with E-state index in [2.05, 4.69) is 15.6 Å². The highest BCUT2D eigenvalue weighted by molar-refractivity contribution is 7.22. The first-order chi connectivity index (χ1) is 14.4. The van der Waals surface area contributed by atoms with E-state index < -0.39 is 0 Å². The molecular weight excluding hydrogens is 398 g/mol. The Kier molecular flexibility index (Phi) is 7.41. The Bertz CT molecular complexity index is 1010. The molecule has 1 heterocycles. The van der Waals surface area contributed by atoms with Crippen LogP contribution in [0.15, 0.2) is 42.5 Å². The number of anilines is 1. The van der Waals surface area contributed by atoms with Gasteiger partial charge in [0, 0.05) is 19.4 Å². The average molecular weight is 426 g/mol. The van der Waals surface area contributed by atoms with E-state index in [1.54, 1.807) is 0 Å². The smallest absolute Gasteiger partial charge is 0.225 e. The number of thiazole rings is 1. The molecule has 158 valence electrons. The minimum absolute atomic E-state index is 0.0119. The molecule has 0 aliphatic heterocycles. The second-order valence-electron chi connectivity index (χ2n) is 7.31. The molecule has 0 unspecified atom stereocenters. The molecule has 30 heavy (non-hydrogen) atoms. The van der Waals surface area contributed by atoms with Gasteiger partial charge in [0.1, 0.15) is 5.75 Å². The molecular formula is C23H27N3O3S. The van der Waals surface area contributed by atoms with Crippen LogP contribution in [0.4, 0.5) is 5.13 Å². The molecule has 3 aromatic rings. The third kappa shape index (κ3) is 6.29. The number of hydrogen-bond donors (Lipinski definition) is 2. The summed E-state index contributed by atoms with van der Waals surface area (Å²) in [5, 5.41) is 6.36. The fraction of sp³-hybridized carbons (Fsp3) is 0.348. The van der Waals surface area contributed by atoms with Gasteiger partial charge in [-0.2, -0.15) is 0 Å². The van der Waals surface area contributed by atoms with Crippen molar-refractivity contribution in [2.45, 2.75) is 52.7 Å². The number of fused-ring (bicyclic) bond motifs is 1. The number of rotatable bonds is 9. The van der Waals surface area contributed by atoms with E-state index >= 15 is 0 Å². The van der Waals surface area contributed by atoms with Gasteiger partial charge in [0.05, 0.1) is 16.3 Å². The number of carbonyl (C=O) groups excluding carboxylic acids is 2. The number of hydrogen-bond acceptors (Lipinski definition) is 5. The lowest BCUT2D eigenvalue weighted by molar-refractivity contribution is -0.121. The second kappa shape index (κ2) is 10.2. The van der Waals surface area contributed by atoms with E-state index in [9.17, 15) is 9.59 Å². The molecule has 2 amide bonds. The SMILES string of the molecule is CCC(=O)Nc1nc2ccc(CCC(=O)NCc3ccc(OC(C)C)cc3)cc2s1. The van der Waals surface area contributed by atoms with Gasteiger partial charge in [-0.3, -0.25) is 9.59 Å². The number of aryl methyl sites for hydroxylation is 1. The standard InChI is InChI=1S/C23H27N3O3S/c1-4-21(27)26-23-25-19-11-7-16(13-20(19)30-23)8-12-22(28)24-14-17-5-9-18(10-6-17)29-15(2)3/h5-7,9-11,13,15H,4,8,12,14H2,1-3H3,(H,24,28)(H,25,26,27). The predicted octanol–water partition coefficient (Wildman–Crippen LogP) is 4.68. The van der Waals surface area contributed by atoms with Gasteiger partial charge in [-0.1, -0.05) is 36.5 Å². The van der Waals surface area contributed by atoms with Crippen molar-refractivity contribution in [3.63, 3.8) is 0 Å². The van der Waals surface area contributed by atoms with Crippen LogP contribution in [-0.4, -0.2) is 22.9 Å². The fourth-order valence-electron chi connectivity index (χ4n) is 2.89. The molecule has 0 atom stereocenters. The van der Waals surface area contributed by atoms with Crippen molar-refractivity contribution in [1.82, 2.24) is 10.3 Å². The molecule has 0 spiro atoms. The summed E-state index contributed by atoms with van der Waals surface area (Å²) in [6, 6.07) is 13.7. The van der Waals surface area contributed by atoms with Crippen molar-refractivity contribution in [2.24, 2.45) is 0 Å². The van der Waals surface area contributed by atoms with Gasteiger partial charge in [-0.15, -0.1) is 0 Å². The summed E-state index contributed by atoms with van der Waals surface area (Å²) >= 11 is 1.45. The van der Waals surface area contributed by atoms with Crippen LogP contribution in [0.2, 0.25) is 0 Å². The highest BCUT2D eigenvalue weighted by Gasteiger charge is 2.08. The maximum absolute atomic E-state index is 12.2. The topological polar surface area (TPSA) is 80.3 Å². The summed E-state index contributed by atoms with van der Waals surface area (Å²) in [6.45, 7) is 6.28. The molecule has 0 fully saturated rings. The van der Waals surface area contributed by atoms with E-state index in [1.807, 2.05) is 63.2 Å². The molecule has 2 aromatic carbocycles. The van der Waals surface area contributed by atoms with E-state index in [0.29, 0.717) is 30.9 Å². The molecule has 2 N–H and O–H groups in total. The quantitative estimate of drug-likeness (QED) is 0.522. The summed E-state index contributed by atoms with van der Waals surface area (Å²) in [4.78, 5) is 28.2. The van der Waals surface area contributed by atoms with Crippen LogP contribution in [0.5, 0.6) is 5.75 Å². The maximum Gasteiger partial charge on any atom is 0.225 e. The molecule has 3 rings (SSSR count). The molecule has 7 heteroatoms.